The maximum atomic E-state index is 12.3. The Labute approximate surface area is 147 Å². The molecule has 1 aromatic heterocycles. The number of methoxy groups -OCH3 is 1. The van der Waals surface area contributed by atoms with Crippen molar-refractivity contribution in [2.75, 3.05) is 20.3 Å². The van der Waals surface area contributed by atoms with Gasteiger partial charge in [0.15, 0.2) is 0 Å². The number of aromatic nitrogens is 1. The number of nitrogens with zero attached hydrogens (tertiary/aromatic N) is 1. The SMILES string of the molecule is COCCCNC(=O)c1cc(C(=O)NCc2ccc(C)cc2)ccn1. The summed E-state index contributed by atoms with van der Waals surface area (Å²) in [4.78, 5) is 28.3. The second-order valence-corrected chi connectivity index (χ2v) is 5.70. The summed E-state index contributed by atoms with van der Waals surface area (Å²) in [5.41, 5.74) is 2.82. The van der Waals surface area contributed by atoms with Gasteiger partial charge < -0.3 is 15.4 Å². The number of rotatable bonds is 8. The largest absolute Gasteiger partial charge is 0.385 e. The van der Waals surface area contributed by atoms with E-state index in [2.05, 4.69) is 15.6 Å². The molecule has 2 N–H and O–H groups in total. The molecule has 132 valence electrons. The first-order valence-electron chi connectivity index (χ1n) is 8.17. The molecule has 25 heavy (non-hydrogen) atoms. The van der Waals surface area contributed by atoms with Gasteiger partial charge in [-0.3, -0.25) is 14.6 Å². The summed E-state index contributed by atoms with van der Waals surface area (Å²) in [5.74, 6) is -0.541. The minimum absolute atomic E-state index is 0.223. The van der Waals surface area contributed by atoms with Crippen LogP contribution in [0.3, 0.4) is 0 Å². The number of amides is 2. The first-order valence-corrected chi connectivity index (χ1v) is 8.17. The van der Waals surface area contributed by atoms with Crippen molar-refractivity contribution < 1.29 is 14.3 Å². The lowest BCUT2D eigenvalue weighted by Crippen LogP contribution is -2.27. The third-order valence-electron chi connectivity index (χ3n) is 3.64. The van der Waals surface area contributed by atoms with E-state index >= 15 is 0 Å². The maximum Gasteiger partial charge on any atom is 0.269 e. The van der Waals surface area contributed by atoms with Crippen LogP contribution in [0, 0.1) is 6.92 Å². The highest BCUT2D eigenvalue weighted by atomic mass is 16.5. The second-order valence-electron chi connectivity index (χ2n) is 5.70. The van der Waals surface area contributed by atoms with Gasteiger partial charge in [-0.05, 0) is 31.0 Å². The van der Waals surface area contributed by atoms with E-state index in [-0.39, 0.29) is 17.5 Å². The zero-order chi connectivity index (χ0) is 18.1. The highest BCUT2D eigenvalue weighted by Crippen LogP contribution is 2.05. The predicted octanol–water partition coefficient (Wildman–Crippen LogP) is 2.09. The van der Waals surface area contributed by atoms with Crippen LogP contribution in [0.15, 0.2) is 42.6 Å². The summed E-state index contributed by atoms with van der Waals surface area (Å²) in [6.07, 6.45) is 2.18. The van der Waals surface area contributed by atoms with Crippen molar-refractivity contribution in [2.24, 2.45) is 0 Å². The van der Waals surface area contributed by atoms with Crippen LogP contribution in [-0.2, 0) is 11.3 Å². The van der Waals surface area contributed by atoms with Gasteiger partial charge in [-0.2, -0.15) is 0 Å². The second kappa shape index (κ2) is 9.54. The number of carbonyl (C=O) groups excluding carboxylic acids is 2. The summed E-state index contributed by atoms with van der Waals surface area (Å²) < 4.78 is 4.93. The normalized spacial score (nSPS) is 10.3. The topological polar surface area (TPSA) is 80.3 Å². The number of aryl methyl sites for hydroxylation is 1. The van der Waals surface area contributed by atoms with Crippen molar-refractivity contribution >= 4 is 11.8 Å². The number of carbonyl (C=O) groups is 2. The predicted molar refractivity (Wildman–Crippen MR) is 95.4 cm³/mol. The summed E-state index contributed by atoms with van der Waals surface area (Å²) >= 11 is 0. The summed E-state index contributed by atoms with van der Waals surface area (Å²) in [6, 6.07) is 11.0. The molecule has 6 heteroatoms. The number of hydrogen-bond acceptors (Lipinski definition) is 4. The summed E-state index contributed by atoms with van der Waals surface area (Å²) in [6.45, 7) is 3.52. The zero-order valence-corrected chi connectivity index (χ0v) is 14.5. The molecule has 0 bridgehead atoms. The van der Waals surface area contributed by atoms with Crippen LogP contribution >= 0.6 is 0 Å². The molecule has 2 amide bonds. The van der Waals surface area contributed by atoms with Gasteiger partial charge in [0.05, 0.1) is 0 Å². The van der Waals surface area contributed by atoms with Gasteiger partial charge in [-0.25, -0.2) is 0 Å². The van der Waals surface area contributed by atoms with E-state index < -0.39 is 0 Å². The minimum Gasteiger partial charge on any atom is -0.385 e. The smallest absolute Gasteiger partial charge is 0.269 e. The van der Waals surface area contributed by atoms with Crippen molar-refractivity contribution in [1.82, 2.24) is 15.6 Å². The number of pyridine rings is 1. The lowest BCUT2D eigenvalue weighted by Gasteiger charge is -2.08. The Kier molecular flexibility index (Phi) is 7.10. The van der Waals surface area contributed by atoms with Gasteiger partial charge >= 0.3 is 0 Å². The van der Waals surface area contributed by atoms with Crippen molar-refractivity contribution in [1.29, 1.82) is 0 Å². The quantitative estimate of drug-likeness (QED) is 0.721. The van der Waals surface area contributed by atoms with E-state index in [9.17, 15) is 9.59 Å². The van der Waals surface area contributed by atoms with E-state index in [0.717, 1.165) is 12.0 Å². The molecule has 2 aromatic rings. The third-order valence-corrected chi connectivity index (χ3v) is 3.64. The average molecular weight is 341 g/mol. The zero-order valence-electron chi connectivity index (χ0n) is 14.5. The Morgan fingerprint density at radius 1 is 1.08 bits per heavy atom. The molecule has 0 atom stereocenters. The number of hydrogen-bond donors (Lipinski definition) is 2. The Morgan fingerprint density at radius 3 is 2.56 bits per heavy atom. The Morgan fingerprint density at radius 2 is 1.84 bits per heavy atom. The van der Waals surface area contributed by atoms with Crippen molar-refractivity contribution in [3.05, 3.63) is 65.0 Å². The van der Waals surface area contributed by atoms with Crippen LogP contribution in [0.5, 0.6) is 0 Å². The van der Waals surface area contributed by atoms with E-state index in [4.69, 9.17) is 4.74 Å². The molecule has 0 spiro atoms. The Bertz CT molecular complexity index is 714. The van der Waals surface area contributed by atoms with Crippen LogP contribution in [0.25, 0.3) is 0 Å². The fourth-order valence-electron chi connectivity index (χ4n) is 2.20. The van der Waals surface area contributed by atoms with Crippen LogP contribution in [-0.4, -0.2) is 37.1 Å². The molecule has 1 heterocycles. The van der Waals surface area contributed by atoms with Gasteiger partial charge in [-0.1, -0.05) is 29.8 Å². The molecule has 0 unspecified atom stereocenters. The molecule has 2 rings (SSSR count). The number of ether oxygens (including phenoxy) is 1. The van der Waals surface area contributed by atoms with E-state index in [1.54, 1.807) is 13.2 Å². The molecule has 0 aliphatic rings. The maximum absolute atomic E-state index is 12.3. The number of benzene rings is 1. The molecule has 0 saturated heterocycles. The Balaban J connectivity index is 1.91. The molecule has 0 saturated carbocycles. The minimum atomic E-state index is -0.302. The fraction of sp³-hybridized carbons (Fsp3) is 0.316. The fourth-order valence-corrected chi connectivity index (χ4v) is 2.20. The first kappa shape index (κ1) is 18.6. The molecule has 0 aliphatic carbocycles. The van der Waals surface area contributed by atoms with Gasteiger partial charge in [0.1, 0.15) is 5.69 Å². The monoisotopic (exact) mass is 341 g/mol. The van der Waals surface area contributed by atoms with Crippen LogP contribution in [0.2, 0.25) is 0 Å². The highest BCUT2D eigenvalue weighted by Gasteiger charge is 2.11. The highest BCUT2D eigenvalue weighted by molar-refractivity contribution is 5.98. The van der Waals surface area contributed by atoms with E-state index in [1.165, 1.54) is 17.8 Å². The first-order chi connectivity index (χ1) is 12.1. The summed E-state index contributed by atoms with van der Waals surface area (Å²) in [7, 11) is 1.61. The van der Waals surface area contributed by atoms with Crippen LogP contribution in [0.1, 0.15) is 38.4 Å². The lowest BCUT2D eigenvalue weighted by atomic mass is 10.1. The van der Waals surface area contributed by atoms with E-state index in [1.807, 2.05) is 31.2 Å². The summed E-state index contributed by atoms with van der Waals surface area (Å²) in [5, 5.41) is 5.60. The van der Waals surface area contributed by atoms with Crippen molar-refractivity contribution in [3.63, 3.8) is 0 Å². The average Bonchev–Trinajstić information content (AvgIpc) is 2.64. The van der Waals surface area contributed by atoms with Crippen molar-refractivity contribution in [3.8, 4) is 0 Å². The molecule has 0 aliphatic heterocycles. The molecular formula is C19H23N3O3. The van der Waals surface area contributed by atoms with Crippen LogP contribution < -0.4 is 10.6 Å². The lowest BCUT2D eigenvalue weighted by molar-refractivity contribution is 0.0943. The van der Waals surface area contributed by atoms with E-state index in [0.29, 0.717) is 25.3 Å². The van der Waals surface area contributed by atoms with Gasteiger partial charge in [-0.15, -0.1) is 0 Å². The Hall–Kier alpha value is -2.73. The third kappa shape index (κ3) is 6.00. The van der Waals surface area contributed by atoms with Crippen LogP contribution in [0.4, 0.5) is 0 Å². The van der Waals surface area contributed by atoms with Gasteiger partial charge in [0.2, 0.25) is 0 Å². The molecule has 0 radical (unpaired) electrons. The van der Waals surface area contributed by atoms with Gasteiger partial charge in [0, 0.05) is 38.6 Å². The molecule has 0 fully saturated rings. The van der Waals surface area contributed by atoms with Gasteiger partial charge in [0.25, 0.3) is 11.8 Å². The standard InChI is InChI=1S/C19H23N3O3/c1-14-4-6-15(7-5-14)13-22-18(23)16-8-10-20-17(12-16)19(24)21-9-3-11-25-2/h4-8,10,12H,3,9,11,13H2,1-2H3,(H,21,24)(H,22,23). The molecule has 1 aromatic carbocycles. The number of nitrogens with one attached hydrogen (secondary N) is 2. The van der Waals surface area contributed by atoms with Crippen molar-refractivity contribution in [2.45, 2.75) is 19.9 Å². The molecule has 6 nitrogen and oxygen atoms in total. The molecular weight excluding hydrogens is 318 g/mol.